The molecule has 0 bridgehead atoms. The maximum Gasteiger partial charge on any atom is 0.271 e. The van der Waals surface area contributed by atoms with Crippen LogP contribution in [0.2, 0.25) is 0 Å². The minimum absolute atomic E-state index is 0.0500. The van der Waals surface area contributed by atoms with E-state index < -0.39 is 4.92 Å². The zero-order valence-electron chi connectivity index (χ0n) is 10.1. The first kappa shape index (κ1) is 12.8. The quantitative estimate of drug-likeness (QED) is 0.613. The maximum absolute atomic E-state index is 11.9. The lowest BCUT2D eigenvalue weighted by molar-refractivity contribution is -0.384. The Morgan fingerprint density at radius 1 is 1.30 bits per heavy atom. The number of aromatic nitrogens is 1. The second-order valence-electron chi connectivity index (χ2n) is 4.31. The van der Waals surface area contributed by atoms with Crippen LogP contribution in [0.5, 0.6) is 0 Å². The second-order valence-corrected chi connectivity index (χ2v) is 5.16. The van der Waals surface area contributed by atoms with Crippen LogP contribution in [0.3, 0.4) is 0 Å². The summed E-state index contributed by atoms with van der Waals surface area (Å²) in [6.45, 7) is 1.04. The van der Waals surface area contributed by atoms with Crippen molar-refractivity contribution in [1.82, 2.24) is 10.3 Å². The van der Waals surface area contributed by atoms with Gasteiger partial charge < -0.3 is 10.6 Å². The van der Waals surface area contributed by atoms with Crippen LogP contribution >= 0.6 is 15.9 Å². The van der Waals surface area contributed by atoms with E-state index in [2.05, 4.69) is 31.5 Å². The maximum atomic E-state index is 11.9. The smallest absolute Gasteiger partial charge is 0.271 e. The highest BCUT2D eigenvalue weighted by molar-refractivity contribution is 9.10. The topological polar surface area (TPSA) is 97.2 Å². The summed E-state index contributed by atoms with van der Waals surface area (Å²) in [5.74, 6) is -0.234. The molecule has 2 aromatic rings. The lowest BCUT2D eigenvalue weighted by Crippen LogP contribution is -2.24. The highest BCUT2D eigenvalue weighted by Gasteiger charge is 2.21. The van der Waals surface area contributed by atoms with Crippen molar-refractivity contribution < 1.29 is 9.72 Å². The first-order valence-corrected chi connectivity index (χ1v) is 6.66. The van der Waals surface area contributed by atoms with Crippen LogP contribution in [0.1, 0.15) is 10.4 Å². The lowest BCUT2D eigenvalue weighted by Gasteiger charge is -2.10. The van der Waals surface area contributed by atoms with Crippen molar-refractivity contribution in [3.8, 4) is 0 Å². The Hall–Kier alpha value is -2.22. The monoisotopic (exact) mass is 336 g/mol. The number of benzene rings is 1. The predicted octanol–water partition coefficient (Wildman–Crippen LogP) is 2.06. The molecule has 0 spiro atoms. The van der Waals surface area contributed by atoms with Crippen LogP contribution in [0.15, 0.2) is 22.8 Å². The average molecular weight is 337 g/mol. The third-order valence-electron chi connectivity index (χ3n) is 3.08. The van der Waals surface area contributed by atoms with Gasteiger partial charge in [-0.2, -0.15) is 0 Å². The molecule has 0 saturated carbocycles. The zero-order chi connectivity index (χ0) is 14.3. The Morgan fingerprint density at radius 3 is 2.80 bits per heavy atom. The van der Waals surface area contributed by atoms with Gasteiger partial charge in [-0.05, 0) is 15.9 Å². The molecule has 1 aliphatic heterocycles. The van der Waals surface area contributed by atoms with Crippen molar-refractivity contribution in [3.05, 3.63) is 38.5 Å². The van der Waals surface area contributed by atoms with Gasteiger partial charge in [-0.15, -0.1) is 0 Å². The van der Waals surface area contributed by atoms with Crippen molar-refractivity contribution in [3.63, 3.8) is 0 Å². The number of anilines is 1. The van der Waals surface area contributed by atoms with Gasteiger partial charge in [-0.25, -0.2) is 0 Å². The van der Waals surface area contributed by atoms with Gasteiger partial charge in [0.2, 0.25) is 0 Å². The molecule has 1 amide bonds. The summed E-state index contributed by atoms with van der Waals surface area (Å²) in [4.78, 5) is 26.6. The summed E-state index contributed by atoms with van der Waals surface area (Å²) < 4.78 is 0.524. The van der Waals surface area contributed by atoms with E-state index in [0.29, 0.717) is 39.7 Å². The van der Waals surface area contributed by atoms with E-state index in [9.17, 15) is 14.9 Å². The molecule has 3 rings (SSSR count). The molecule has 0 saturated heterocycles. The lowest BCUT2D eigenvalue weighted by atomic mass is 10.1. The summed E-state index contributed by atoms with van der Waals surface area (Å²) in [7, 11) is 0. The third kappa shape index (κ3) is 1.97. The number of amides is 1. The van der Waals surface area contributed by atoms with E-state index >= 15 is 0 Å². The second kappa shape index (κ2) is 4.71. The van der Waals surface area contributed by atoms with E-state index in [4.69, 9.17) is 0 Å². The van der Waals surface area contributed by atoms with Gasteiger partial charge in [0.25, 0.3) is 11.6 Å². The van der Waals surface area contributed by atoms with Gasteiger partial charge in [0, 0.05) is 36.8 Å². The standard InChI is InChI=1S/C12H9BrN4O3/c13-9-4-6(17(19)20)3-7-10-8(5-16-11(7)9)12(18)15-2-1-14-10/h3-5,14H,1-2H2,(H,15,18). The minimum Gasteiger partial charge on any atom is -0.382 e. The number of nitro benzene ring substituents is 1. The van der Waals surface area contributed by atoms with E-state index in [-0.39, 0.29) is 11.6 Å². The molecule has 0 radical (unpaired) electrons. The Bertz CT molecular complexity index is 747. The normalized spacial score (nSPS) is 14.2. The molecule has 102 valence electrons. The molecule has 0 aliphatic carbocycles. The van der Waals surface area contributed by atoms with E-state index in [1.807, 2.05) is 0 Å². The van der Waals surface area contributed by atoms with Crippen molar-refractivity contribution in [2.24, 2.45) is 0 Å². The molecule has 2 N–H and O–H groups in total. The summed E-state index contributed by atoms with van der Waals surface area (Å²) in [5, 5.41) is 17.4. The van der Waals surface area contributed by atoms with Crippen LogP contribution in [-0.4, -0.2) is 28.9 Å². The van der Waals surface area contributed by atoms with Gasteiger partial charge in [0.1, 0.15) is 0 Å². The minimum atomic E-state index is -0.472. The predicted molar refractivity (Wildman–Crippen MR) is 76.9 cm³/mol. The largest absolute Gasteiger partial charge is 0.382 e. The number of pyridine rings is 1. The number of non-ortho nitro benzene ring substituents is 1. The molecular weight excluding hydrogens is 328 g/mol. The Balaban J connectivity index is 2.35. The molecule has 1 aromatic carbocycles. The number of nitrogens with one attached hydrogen (secondary N) is 2. The third-order valence-corrected chi connectivity index (χ3v) is 3.68. The number of rotatable bonds is 1. The van der Waals surface area contributed by atoms with Crippen molar-refractivity contribution in [2.75, 3.05) is 18.4 Å². The van der Waals surface area contributed by atoms with E-state index in [1.165, 1.54) is 18.3 Å². The zero-order valence-corrected chi connectivity index (χ0v) is 11.7. The number of nitrogens with zero attached hydrogens (tertiary/aromatic N) is 2. The highest BCUT2D eigenvalue weighted by atomic mass is 79.9. The van der Waals surface area contributed by atoms with Crippen LogP contribution in [0.25, 0.3) is 10.9 Å². The number of fused-ring (bicyclic) bond motifs is 3. The molecule has 7 nitrogen and oxygen atoms in total. The fourth-order valence-electron chi connectivity index (χ4n) is 2.17. The van der Waals surface area contributed by atoms with Gasteiger partial charge in [-0.1, -0.05) is 0 Å². The number of carbonyl (C=O) groups is 1. The van der Waals surface area contributed by atoms with Crippen molar-refractivity contribution in [2.45, 2.75) is 0 Å². The fourth-order valence-corrected chi connectivity index (χ4v) is 2.72. The Labute approximate surface area is 121 Å². The van der Waals surface area contributed by atoms with Crippen molar-refractivity contribution >= 4 is 44.1 Å². The molecule has 1 aromatic heterocycles. The Morgan fingerprint density at radius 2 is 2.05 bits per heavy atom. The highest BCUT2D eigenvalue weighted by Crippen LogP contribution is 2.34. The molecule has 0 atom stereocenters. The Kier molecular flexibility index (Phi) is 3.01. The van der Waals surface area contributed by atoms with E-state index in [0.717, 1.165) is 0 Å². The van der Waals surface area contributed by atoms with Crippen LogP contribution in [-0.2, 0) is 0 Å². The molecule has 20 heavy (non-hydrogen) atoms. The van der Waals surface area contributed by atoms with Gasteiger partial charge in [0.05, 0.1) is 26.2 Å². The molecular formula is C12H9BrN4O3. The molecule has 0 fully saturated rings. The van der Waals surface area contributed by atoms with Gasteiger partial charge in [-0.3, -0.25) is 19.9 Å². The molecule has 8 heteroatoms. The summed E-state index contributed by atoms with van der Waals surface area (Å²) >= 11 is 3.28. The first-order chi connectivity index (χ1) is 9.58. The number of hydrogen-bond donors (Lipinski definition) is 2. The summed E-state index contributed by atoms with van der Waals surface area (Å²) in [6.07, 6.45) is 1.47. The van der Waals surface area contributed by atoms with Gasteiger partial charge >= 0.3 is 0 Å². The molecule has 1 aliphatic rings. The molecule has 2 heterocycles. The van der Waals surface area contributed by atoms with Crippen LogP contribution in [0.4, 0.5) is 11.4 Å². The number of hydrogen-bond acceptors (Lipinski definition) is 5. The molecule has 0 unspecified atom stereocenters. The average Bonchev–Trinajstić information content (AvgIpc) is 2.61. The first-order valence-electron chi connectivity index (χ1n) is 5.86. The van der Waals surface area contributed by atoms with Crippen LogP contribution < -0.4 is 10.6 Å². The van der Waals surface area contributed by atoms with Gasteiger partial charge in [0.15, 0.2) is 0 Å². The summed E-state index contributed by atoms with van der Waals surface area (Å²) in [5.41, 5.74) is 1.50. The number of nitro groups is 1. The number of carbonyl (C=O) groups excluding carboxylic acids is 1. The fraction of sp³-hybridized carbons (Fsp3) is 0.167. The van der Waals surface area contributed by atoms with Crippen LogP contribution in [0, 0.1) is 10.1 Å². The number of halogens is 1. The van der Waals surface area contributed by atoms with Crippen molar-refractivity contribution in [1.29, 1.82) is 0 Å². The summed E-state index contributed by atoms with van der Waals surface area (Å²) in [6, 6.07) is 2.83. The van der Waals surface area contributed by atoms with E-state index in [1.54, 1.807) is 0 Å². The SMILES string of the molecule is O=C1NCCNc2c1cnc1c(Br)cc([N+](=O)[O-])cc21.